The molecule has 0 spiro atoms. The summed E-state index contributed by atoms with van der Waals surface area (Å²) < 4.78 is 11.0. The molecular weight excluding hydrogens is 252 g/mol. The fourth-order valence-corrected chi connectivity index (χ4v) is 2.03. The summed E-state index contributed by atoms with van der Waals surface area (Å²) in [7, 11) is 1.65. The highest BCUT2D eigenvalue weighted by Crippen LogP contribution is 2.27. The van der Waals surface area contributed by atoms with Crippen molar-refractivity contribution in [3.63, 3.8) is 0 Å². The molecule has 2 aromatic rings. The Kier molecular flexibility index (Phi) is 5.02. The molecule has 1 N–H and O–H groups in total. The zero-order chi connectivity index (χ0) is 14.4. The molecule has 2 aromatic carbocycles. The van der Waals surface area contributed by atoms with Gasteiger partial charge in [0.1, 0.15) is 18.1 Å². The van der Waals surface area contributed by atoms with E-state index in [-0.39, 0.29) is 0 Å². The molecular formula is C17H20O3. The first kappa shape index (κ1) is 14.4. The van der Waals surface area contributed by atoms with Crippen molar-refractivity contribution in [3.05, 3.63) is 59.7 Å². The topological polar surface area (TPSA) is 38.7 Å². The van der Waals surface area contributed by atoms with E-state index in [9.17, 15) is 5.11 Å². The van der Waals surface area contributed by atoms with Gasteiger partial charge >= 0.3 is 0 Å². The lowest BCUT2D eigenvalue weighted by molar-refractivity contribution is 0.166. The van der Waals surface area contributed by atoms with Crippen LogP contribution >= 0.6 is 0 Å². The van der Waals surface area contributed by atoms with Crippen molar-refractivity contribution >= 4 is 0 Å². The van der Waals surface area contributed by atoms with E-state index >= 15 is 0 Å². The van der Waals surface area contributed by atoms with Crippen molar-refractivity contribution in [2.75, 3.05) is 7.11 Å². The van der Waals surface area contributed by atoms with Crippen molar-refractivity contribution in [3.8, 4) is 11.5 Å². The van der Waals surface area contributed by atoms with Crippen LogP contribution in [-0.2, 0) is 6.61 Å². The lowest BCUT2D eigenvalue weighted by Crippen LogP contribution is -2.02. The fraction of sp³-hybridized carbons (Fsp3) is 0.294. The first-order valence-electron chi connectivity index (χ1n) is 6.77. The Hall–Kier alpha value is -2.00. The Morgan fingerprint density at radius 2 is 1.90 bits per heavy atom. The van der Waals surface area contributed by atoms with Gasteiger partial charge in [-0.25, -0.2) is 0 Å². The third-order valence-electron chi connectivity index (χ3n) is 3.19. The summed E-state index contributed by atoms with van der Waals surface area (Å²) in [5.74, 6) is 1.54. The summed E-state index contributed by atoms with van der Waals surface area (Å²) in [6.07, 6.45) is 0.177. The van der Waals surface area contributed by atoms with Crippen molar-refractivity contribution in [1.82, 2.24) is 0 Å². The van der Waals surface area contributed by atoms with Gasteiger partial charge in [-0.05, 0) is 30.2 Å². The van der Waals surface area contributed by atoms with Crippen molar-refractivity contribution in [2.45, 2.75) is 26.1 Å². The van der Waals surface area contributed by atoms with Crippen LogP contribution < -0.4 is 9.47 Å². The Morgan fingerprint density at radius 1 is 1.10 bits per heavy atom. The van der Waals surface area contributed by atoms with Crippen LogP contribution in [0.1, 0.15) is 30.6 Å². The van der Waals surface area contributed by atoms with Crippen LogP contribution in [0.15, 0.2) is 48.5 Å². The zero-order valence-corrected chi connectivity index (χ0v) is 11.9. The summed E-state index contributed by atoms with van der Waals surface area (Å²) >= 11 is 0. The molecule has 106 valence electrons. The average molecular weight is 272 g/mol. The van der Waals surface area contributed by atoms with Gasteiger partial charge in [0.2, 0.25) is 0 Å². The van der Waals surface area contributed by atoms with Gasteiger partial charge in [0.25, 0.3) is 0 Å². The zero-order valence-electron chi connectivity index (χ0n) is 11.9. The minimum atomic E-state index is -0.489. The number of rotatable bonds is 6. The molecule has 2 rings (SSSR count). The lowest BCUT2D eigenvalue weighted by atomic mass is 10.1. The SMILES string of the molecule is CCC(O)c1ccccc1OCc1cccc(OC)c1. The predicted octanol–water partition coefficient (Wildman–Crippen LogP) is 3.72. The molecule has 0 aliphatic carbocycles. The Balaban J connectivity index is 2.10. The number of benzene rings is 2. The van der Waals surface area contributed by atoms with Gasteiger partial charge in [0, 0.05) is 5.56 Å². The monoisotopic (exact) mass is 272 g/mol. The maximum Gasteiger partial charge on any atom is 0.125 e. The third kappa shape index (κ3) is 3.52. The third-order valence-corrected chi connectivity index (χ3v) is 3.19. The number of aliphatic hydroxyl groups is 1. The van der Waals surface area contributed by atoms with Gasteiger partial charge in [0.05, 0.1) is 13.2 Å². The minimum Gasteiger partial charge on any atom is -0.497 e. The van der Waals surface area contributed by atoms with Crippen LogP contribution in [0.5, 0.6) is 11.5 Å². The normalized spacial score (nSPS) is 11.9. The maximum atomic E-state index is 9.99. The molecule has 0 aliphatic rings. The number of hydrogen-bond acceptors (Lipinski definition) is 3. The van der Waals surface area contributed by atoms with E-state index in [0.717, 1.165) is 22.6 Å². The molecule has 0 fully saturated rings. The van der Waals surface area contributed by atoms with E-state index < -0.39 is 6.10 Å². The molecule has 0 saturated heterocycles. The minimum absolute atomic E-state index is 0.449. The lowest BCUT2D eigenvalue weighted by Gasteiger charge is -2.15. The summed E-state index contributed by atoms with van der Waals surface area (Å²) in [5.41, 5.74) is 1.86. The van der Waals surface area contributed by atoms with E-state index in [2.05, 4.69) is 0 Å². The van der Waals surface area contributed by atoms with Crippen molar-refractivity contribution < 1.29 is 14.6 Å². The second-order valence-corrected chi connectivity index (χ2v) is 4.60. The van der Waals surface area contributed by atoms with E-state index in [1.165, 1.54) is 0 Å². The second-order valence-electron chi connectivity index (χ2n) is 4.60. The molecule has 0 aromatic heterocycles. The number of ether oxygens (including phenoxy) is 2. The van der Waals surface area contributed by atoms with Gasteiger partial charge in [0.15, 0.2) is 0 Å². The molecule has 0 saturated carbocycles. The molecule has 20 heavy (non-hydrogen) atoms. The number of methoxy groups -OCH3 is 1. The second kappa shape index (κ2) is 6.96. The maximum absolute atomic E-state index is 9.99. The van der Waals surface area contributed by atoms with Crippen LogP contribution in [0.3, 0.4) is 0 Å². The number of hydrogen-bond donors (Lipinski definition) is 1. The summed E-state index contributed by atoms with van der Waals surface area (Å²) in [5, 5.41) is 9.99. The van der Waals surface area contributed by atoms with E-state index in [1.54, 1.807) is 7.11 Å². The van der Waals surface area contributed by atoms with Crippen molar-refractivity contribution in [1.29, 1.82) is 0 Å². The Morgan fingerprint density at radius 3 is 2.65 bits per heavy atom. The molecule has 3 heteroatoms. The Labute approximate surface area is 119 Å². The molecule has 0 radical (unpaired) electrons. The molecule has 1 atom stereocenters. The highest BCUT2D eigenvalue weighted by molar-refractivity contribution is 5.35. The molecule has 0 amide bonds. The van der Waals surface area contributed by atoms with Gasteiger partial charge < -0.3 is 14.6 Å². The van der Waals surface area contributed by atoms with Crippen LogP contribution in [0, 0.1) is 0 Å². The first-order chi connectivity index (χ1) is 9.74. The molecule has 1 unspecified atom stereocenters. The van der Waals surface area contributed by atoms with Crippen LogP contribution in [-0.4, -0.2) is 12.2 Å². The highest BCUT2D eigenvalue weighted by Gasteiger charge is 2.11. The smallest absolute Gasteiger partial charge is 0.125 e. The predicted molar refractivity (Wildman–Crippen MR) is 79.0 cm³/mol. The molecule has 0 bridgehead atoms. The van der Waals surface area contributed by atoms with E-state index in [0.29, 0.717) is 13.0 Å². The van der Waals surface area contributed by atoms with Crippen LogP contribution in [0.25, 0.3) is 0 Å². The average Bonchev–Trinajstić information content (AvgIpc) is 2.52. The molecule has 0 aliphatic heterocycles. The molecule has 3 nitrogen and oxygen atoms in total. The van der Waals surface area contributed by atoms with Gasteiger partial charge in [-0.1, -0.05) is 37.3 Å². The standard InChI is InChI=1S/C17H20O3/c1-3-16(18)15-9-4-5-10-17(15)20-12-13-7-6-8-14(11-13)19-2/h4-11,16,18H,3,12H2,1-2H3. The first-order valence-corrected chi connectivity index (χ1v) is 6.77. The van der Waals surface area contributed by atoms with Gasteiger partial charge in [-0.15, -0.1) is 0 Å². The quantitative estimate of drug-likeness (QED) is 0.871. The van der Waals surface area contributed by atoms with Gasteiger partial charge in [-0.2, -0.15) is 0 Å². The summed E-state index contributed by atoms with van der Waals surface area (Å²) in [4.78, 5) is 0. The van der Waals surface area contributed by atoms with Gasteiger partial charge in [-0.3, -0.25) is 0 Å². The van der Waals surface area contributed by atoms with E-state index in [1.807, 2.05) is 55.5 Å². The number of aliphatic hydroxyl groups excluding tert-OH is 1. The van der Waals surface area contributed by atoms with Crippen molar-refractivity contribution in [2.24, 2.45) is 0 Å². The number of para-hydroxylation sites is 1. The van der Waals surface area contributed by atoms with E-state index in [4.69, 9.17) is 9.47 Å². The highest BCUT2D eigenvalue weighted by atomic mass is 16.5. The van der Waals surface area contributed by atoms with Crippen LogP contribution in [0.4, 0.5) is 0 Å². The Bertz CT molecular complexity index is 551. The van der Waals surface area contributed by atoms with Crippen LogP contribution in [0.2, 0.25) is 0 Å². The molecule has 0 heterocycles. The largest absolute Gasteiger partial charge is 0.497 e. The summed E-state index contributed by atoms with van der Waals surface area (Å²) in [6, 6.07) is 15.4. The fourth-order valence-electron chi connectivity index (χ4n) is 2.03. The summed E-state index contributed by atoms with van der Waals surface area (Å²) in [6.45, 7) is 2.40.